The molecule has 1 atom stereocenters. The number of hydrogen-bond acceptors (Lipinski definition) is 7. The van der Waals surface area contributed by atoms with Crippen LogP contribution in [-0.4, -0.2) is 43.2 Å². The molecule has 1 aliphatic heterocycles. The Morgan fingerprint density at radius 1 is 1.43 bits per heavy atom. The highest BCUT2D eigenvalue weighted by Gasteiger charge is 2.27. The monoisotopic (exact) mass is 199 g/mol. The Morgan fingerprint density at radius 3 is 2.57 bits per heavy atom. The Hall–Kier alpha value is -1.34. The minimum atomic E-state index is -0.930. The Labute approximate surface area is 83.0 Å². The van der Waals surface area contributed by atoms with Gasteiger partial charge in [-0.25, -0.2) is 4.99 Å². The van der Waals surface area contributed by atoms with Crippen molar-refractivity contribution in [1.29, 1.82) is 0 Å². The summed E-state index contributed by atoms with van der Waals surface area (Å²) in [6.07, 6.45) is 0.608. The summed E-state index contributed by atoms with van der Waals surface area (Å²) >= 11 is 0. The van der Waals surface area contributed by atoms with Crippen LogP contribution >= 0.6 is 0 Å². The predicted octanol–water partition coefficient (Wildman–Crippen LogP) is -2.22. The lowest BCUT2D eigenvalue weighted by Gasteiger charge is -2.30. The minimum absolute atomic E-state index is 0.113. The Bertz CT molecular complexity index is 269. The van der Waals surface area contributed by atoms with Crippen LogP contribution in [0.15, 0.2) is 9.98 Å². The fourth-order valence-electron chi connectivity index (χ4n) is 1.14. The highest BCUT2D eigenvalue weighted by Crippen LogP contribution is 2.08. The van der Waals surface area contributed by atoms with Crippen molar-refractivity contribution in [3.63, 3.8) is 0 Å². The van der Waals surface area contributed by atoms with Gasteiger partial charge in [-0.05, 0) is 14.1 Å². The maximum atomic E-state index is 5.92. The van der Waals surface area contributed by atoms with E-state index in [1.807, 2.05) is 19.0 Å². The van der Waals surface area contributed by atoms with Crippen LogP contribution in [0.1, 0.15) is 6.42 Å². The van der Waals surface area contributed by atoms with Gasteiger partial charge in [-0.15, -0.1) is 0 Å². The van der Waals surface area contributed by atoms with Gasteiger partial charge in [-0.2, -0.15) is 4.99 Å². The first-order chi connectivity index (χ1) is 6.41. The van der Waals surface area contributed by atoms with Gasteiger partial charge in [0, 0.05) is 13.0 Å². The first-order valence-corrected chi connectivity index (χ1v) is 4.32. The second-order valence-electron chi connectivity index (χ2n) is 3.57. The molecule has 7 N–H and O–H groups in total. The zero-order chi connectivity index (χ0) is 10.8. The molecule has 80 valence electrons. The van der Waals surface area contributed by atoms with Gasteiger partial charge in [-0.3, -0.25) is 5.73 Å². The topological polar surface area (TPSA) is 118 Å². The van der Waals surface area contributed by atoms with Crippen LogP contribution in [0.3, 0.4) is 0 Å². The quantitative estimate of drug-likeness (QED) is 0.411. The lowest BCUT2D eigenvalue weighted by Crippen LogP contribution is -2.60. The molecule has 0 bridgehead atoms. The van der Waals surface area contributed by atoms with Gasteiger partial charge in [0.25, 0.3) is 0 Å². The van der Waals surface area contributed by atoms with Crippen LogP contribution in [0.25, 0.3) is 0 Å². The number of guanidine groups is 2. The molecule has 14 heavy (non-hydrogen) atoms. The number of rotatable bonds is 3. The molecule has 0 aromatic rings. The van der Waals surface area contributed by atoms with E-state index in [1.54, 1.807) is 0 Å². The van der Waals surface area contributed by atoms with Crippen molar-refractivity contribution in [3.05, 3.63) is 0 Å². The van der Waals surface area contributed by atoms with Crippen LogP contribution < -0.4 is 22.5 Å². The third-order valence-electron chi connectivity index (χ3n) is 1.83. The molecule has 1 aliphatic rings. The fraction of sp³-hybridized carbons (Fsp3) is 0.714. The molecule has 0 saturated heterocycles. The molecule has 1 unspecified atom stereocenters. The highest BCUT2D eigenvalue weighted by atomic mass is 15.4. The first-order valence-electron chi connectivity index (χ1n) is 4.32. The van der Waals surface area contributed by atoms with Crippen LogP contribution in [0.5, 0.6) is 0 Å². The summed E-state index contributed by atoms with van der Waals surface area (Å²) in [4.78, 5) is 9.73. The average Bonchev–Trinajstić information content (AvgIpc) is 1.98. The number of hydrogen-bond donors (Lipinski definition) is 4. The van der Waals surface area contributed by atoms with E-state index >= 15 is 0 Å². The fourth-order valence-corrected chi connectivity index (χ4v) is 1.14. The van der Waals surface area contributed by atoms with Gasteiger partial charge in [0.2, 0.25) is 5.96 Å². The Kier molecular flexibility index (Phi) is 2.92. The molecule has 7 nitrogen and oxygen atoms in total. The van der Waals surface area contributed by atoms with E-state index in [9.17, 15) is 0 Å². The van der Waals surface area contributed by atoms with Gasteiger partial charge >= 0.3 is 0 Å². The van der Waals surface area contributed by atoms with E-state index in [0.29, 0.717) is 6.42 Å². The third-order valence-corrected chi connectivity index (χ3v) is 1.83. The molecule has 1 rings (SSSR count). The van der Waals surface area contributed by atoms with Gasteiger partial charge in [-0.1, -0.05) is 0 Å². The van der Waals surface area contributed by atoms with Gasteiger partial charge in [0.05, 0.1) is 0 Å². The molecule has 0 spiro atoms. The summed E-state index contributed by atoms with van der Waals surface area (Å²) in [7, 11) is 3.91. The first kappa shape index (κ1) is 10.7. The van der Waals surface area contributed by atoms with Crippen molar-refractivity contribution in [1.82, 2.24) is 10.2 Å². The van der Waals surface area contributed by atoms with Crippen molar-refractivity contribution < 1.29 is 0 Å². The van der Waals surface area contributed by atoms with Gasteiger partial charge in [0.1, 0.15) is 0 Å². The SMILES string of the molecule is CN(C)CCC1(N)N=C(N)N=C(N)N1. The van der Waals surface area contributed by atoms with Crippen molar-refractivity contribution in [3.8, 4) is 0 Å². The largest absolute Gasteiger partial charge is 0.369 e. The van der Waals surface area contributed by atoms with E-state index in [1.165, 1.54) is 0 Å². The molecule has 1 heterocycles. The van der Waals surface area contributed by atoms with Gasteiger partial charge in [0.15, 0.2) is 11.7 Å². The minimum Gasteiger partial charge on any atom is -0.369 e. The summed E-state index contributed by atoms with van der Waals surface area (Å²) < 4.78 is 0. The van der Waals surface area contributed by atoms with Crippen LogP contribution in [0.2, 0.25) is 0 Å². The number of aliphatic imine (C=N–C) groups is 2. The van der Waals surface area contributed by atoms with E-state index in [0.717, 1.165) is 6.54 Å². The smallest absolute Gasteiger partial charge is 0.222 e. The summed E-state index contributed by atoms with van der Waals surface area (Å²) in [5.41, 5.74) is 16.9. The molecule has 0 radical (unpaired) electrons. The van der Waals surface area contributed by atoms with E-state index < -0.39 is 5.79 Å². The van der Waals surface area contributed by atoms with Crippen LogP contribution in [0.4, 0.5) is 0 Å². The van der Waals surface area contributed by atoms with Crippen molar-refractivity contribution >= 4 is 11.9 Å². The Balaban J connectivity index is 2.63. The molecule has 0 fully saturated rings. The molecule has 0 saturated carbocycles. The van der Waals surface area contributed by atoms with E-state index in [4.69, 9.17) is 17.2 Å². The van der Waals surface area contributed by atoms with E-state index in [-0.39, 0.29) is 11.9 Å². The second-order valence-corrected chi connectivity index (χ2v) is 3.57. The second kappa shape index (κ2) is 3.81. The normalized spacial score (nSPS) is 26.9. The lowest BCUT2D eigenvalue weighted by molar-refractivity contribution is 0.302. The zero-order valence-electron chi connectivity index (χ0n) is 8.49. The number of nitrogens with zero attached hydrogens (tertiary/aromatic N) is 3. The van der Waals surface area contributed by atoms with Gasteiger partial charge < -0.3 is 21.7 Å². The lowest BCUT2D eigenvalue weighted by atomic mass is 10.2. The summed E-state index contributed by atoms with van der Waals surface area (Å²) in [5.74, 6) is -0.610. The number of nitrogens with one attached hydrogen (secondary N) is 1. The maximum Gasteiger partial charge on any atom is 0.222 e. The highest BCUT2D eigenvalue weighted by molar-refractivity contribution is 5.95. The molecule has 0 aromatic heterocycles. The molecule has 7 heteroatoms. The molecule has 0 aliphatic carbocycles. The predicted molar refractivity (Wildman–Crippen MR) is 56.5 cm³/mol. The average molecular weight is 199 g/mol. The standard InChI is InChI=1S/C7H17N7/c1-14(2)4-3-7(10)12-5(8)11-6(9)13-7/h3-4,10H2,1-2H3,(H5,8,9,11,12,13). The third kappa shape index (κ3) is 2.86. The molecule has 0 aromatic carbocycles. The Morgan fingerprint density at radius 2 is 2.07 bits per heavy atom. The van der Waals surface area contributed by atoms with E-state index in [2.05, 4.69) is 15.3 Å². The van der Waals surface area contributed by atoms with Crippen LogP contribution in [0, 0.1) is 0 Å². The zero-order valence-corrected chi connectivity index (χ0v) is 8.49. The van der Waals surface area contributed by atoms with Crippen molar-refractivity contribution in [2.24, 2.45) is 27.2 Å². The molecular weight excluding hydrogens is 182 g/mol. The number of nitrogens with two attached hydrogens (primary N) is 3. The summed E-state index contributed by atoms with van der Waals surface area (Å²) in [6, 6.07) is 0. The van der Waals surface area contributed by atoms with Crippen molar-refractivity contribution in [2.45, 2.75) is 12.2 Å². The molecule has 0 amide bonds. The maximum absolute atomic E-state index is 5.92. The summed E-state index contributed by atoms with van der Waals surface area (Å²) in [6.45, 7) is 0.785. The summed E-state index contributed by atoms with van der Waals surface area (Å²) in [5, 5.41) is 2.79. The van der Waals surface area contributed by atoms with Crippen molar-refractivity contribution in [2.75, 3.05) is 20.6 Å². The molecular formula is C7H17N7. The van der Waals surface area contributed by atoms with Crippen LogP contribution in [-0.2, 0) is 0 Å².